The van der Waals surface area contributed by atoms with E-state index in [9.17, 15) is 13.6 Å². The van der Waals surface area contributed by atoms with E-state index in [0.29, 0.717) is 40.2 Å². The van der Waals surface area contributed by atoms with Crippen molar-refractivity contribution in [1.29, 1.82) is 0 Å². The number of aryl methyl sites for hydroxylation is 1. The summed E-state index contributed by atoms with van der Waals surface area (Å²) in [5.74, 6) is -1.19. The normalized spacial score (nSPS) is 16.4. The number of nitrogens with zero attached hydrogens (tertiary/aromatic N) is 7. The number of ether oxygens (including phenoxy) is 2. The van der Waals surface area contributed by atoms with Crippen LogP contribution in [-0.2, 0) is 24.3 Å². The standard InChI is InChI=1S/C29H29F2N7O3/c1-28(2)27(39)38(13-16-6-8-18(9-7-16)24-35-20(14-37(24)4)29(3,30)31)25-19(41-28)12-32-23(36-25)21-22(17-10-11-17)33-15-34-26(21)40-5/h6-9,12,14-15,17H,10-11,13H2,1-5H3. The second-order valence-electron chi connectivity index (χ2n) is 10.9. The lowest BCUT2D eigenvalue weighted by Crippen LogP contribution is -2.52. The summed E-state index contributed by atoms with van der Waals surface area (Å²) in [5, 5.41) is 0. The van der Waals surface area contributed by atoms with Gasteiger partial charge < -0.3 is 14.0 Å². The number of amides is 1. The summed E-state index contributed by atoms with van der Waals surface area (Å²) >= 11 is 0. The van der Waals surface area contributed by atoms with Crippen molar-refractivity contribution in [2.24, 2.45) is 7.05 Å². The molecule has 1 fully saturated rings. The first kappa shape index (κ1) is 26.7. The Morgan fingerprint density at radius 1 is 1.12 bits per heavy atom. The van der Waals surface area contributed by atoms with E-state index in [4.69, 9.17) is 14.5 Å². The number of carbonyl (C=O) groups excluding carboxylic acids is 1. The van der Waals surface area contributed by atoms with Crippen molar-refractivity contribution in [2.75, 3.05) is 12.0 Å². The second-order valence-corrected chi connectivity index (χ2v) is 10.9. The van der Waals surface area contributed by atoms with Gasteiger partial charge in [0.15, 0.2) is 23.0 Å². The fourth-order valence-electron chi connectivity index (χ4n) is 4.94. The average molecular weight is 562 g/mol. The van der Waals surface area contributed by atoms with Gasteiger partial charge in [-0.3, -0.25) is 9.69 Å². The van der Waals surface area contributed by atoms with Gasteiger partial charge in [-0.2, -0.15) is 8.78 Å². The van der Waals surface area contributed by atoms with Crippen molar-refractivity contribution in [3.63, 3.8) is 0 Å². The van der Waals surface area contributed by atoms with E-state index < -0.39 is 11.5 Å². The number of hydrogen-bond acceptors (Lipinski definition) is 8. The van der Waals surface area contributed by atoms with Crippen LogP contribution >= 0.6 is 0 Å². The topological polar surface area (TPSA) is 108 Å². The van der Waals surface area contributed by atoms with Gasteiger partial charge in [0.05, 0.1) is 25.5 Å². The number of rotatable bonds is 7. The fourth-order valence-corrected chi connectivity index (χ4v) is 4.94. The Hall–Kier alpha value is -4.48. The Morgan fingerprint density at radius 3 is 2.49 bits per heavy atom. The summed E-state index contributed by atoms with van der Waals surface area (Å²) in [5.41, 5.74) is 1.47. The van der Waals surface area contributed by atoms with Crippen molar-refractivity contribution in [3.8, 4) is 34.4 Å². The van der Waals surface area contributed by atoms with E-state index in [-0.39, 0.29) is 24.1 Å². The van der Waals surface area contributed by atoms with Crippen molar-refractivity contribution >= 4 is 11.7 Å². The number of fused-ring (bicyclic) bond motifs is 1. The monoisotopic (exact) mass is 561 g/mol. The minimum absolute atomic E-state index is 0.201. The molecule has 0 radical (unpaired) electrons. The van der Waals surface area contributed by atoms with Crippen molar-refractivity contribution in [2.45, 2.75) is 57.6 Å². The average Bonchev–Trinajstić information content (AvgIpc) is 3.71. The summed E-state index contributed by atoms with van der Waals surface area (Å²) in [6, 6.07) is 7.27. The number of carbonyl (C=O) groups is 1. The second kappa shape index (κ2) is 9.57. The van der Waals surface area contributed by atoms with E-state index in [0.717, 1.165) is 31.0 Å². The third-order valence-corrected chi connectivity index (χ3v) is 7.22. The van der Waals surface area contributed by atoms with Gasteiger partial charge >= 0.3 is 0 Å². The molecule has 10 nitrogen and oxygen atoms in total. The molecule has 0 bridgehead atoms. The molecule has 4 heterocycles. The molecule has 4 aromatic rings. The van der Waals surface area contributed by atoms with Gasteiger partial charge in [-0.05, 0) is 32.3 Å². The lowest BCUT2D eigenvalue weighted by atomic mass is 10.0. The molecule has 212 valence electrons. The molecule has 0 spiro atoms. The Balaban J connectivity index is 1.36. The molecule has 12 heteroatoms. The van der Waals surface area contributed by atoms with Crippen LogP contribution in [0.15, 0.2) is 43.0 Å². The summed E-state index contributed by atoms with van der Waals surface area (Å²) in [4.78, 5) is 37.4. The predicted molar refractivity (Wildman–Crippen MR) is 146 cm³/mol. The zero-order valence-electron chi connectivity index (χ0n) is 23.4. The van der Waals surface area contributed by atoms with Gasteiger partial charge in [0.2, 0.25) is 5.88 Å². The van der Waals surface area contributed by atoms with E-state index in [1.54, 1.807) is 48.7 Å². The minimum Gasteiger partial charge on any atom is -0.480 e. The van der Waals surface area contributed by atoms with Gasteiger partial charge in [0.1, 0.15) is 23.4 Å². The zero-order valence-corrected chi connectivity index (χ0v) is 23.4. The molecule has 1 amide bonds. The smallest absolute Gasteiger partial charge is 0.288 e. The van der Waals surface area contributed by atoms with Gasteiger partial charge in [0, 0.05) is 31.6 Å². The van der Waals surface area contributed by atoms with Crippen LogP contribution < -0.4 is 14.4 Å². The molecule has 41 heavy (non-hydrogen) atoms. The molecule has 1 aliphatic carbocycles. The molecule has 1 saturated carbocycles. The van der Waals surface area contributed by atoms with Crippen LogP contribution in [0.3, 0.4) is 0 Å². The number of imidazole rings is 1. The maximum Gasteiger partial charge on any atom is 0.288 e. The summed E-state index contributed by atoms with van der Waals surface area (Å²) in [6.07, 6.45) is 6.38. The first-order valence-electron chi connectivity index (χ1n) is 13.2. The molecule has 2 aliphatic rings. The number of halogens is 2. The third kappa shape index (κ3) is 4.87. The molecule has 0 N–H and O–H groups in total. The molecular formula is C29H29F2N7O3. The van der Waals surface area contributed by atoms with Crippen LogP contribution in [0.2, 0.25) is 0 Å². The minimum atomic E-state index is -3.04. The first-order valence-corrected chi connectivity index (χ1v) is 13.2. The van der Waals surface area contributed by atoms with Gasteiger partial charge in [-0.1, -0.05) is 24.3 Å². The molecule has 6 rings (SSSR count). The number of aromatic nitrogens is 6. The Bertz CT molecular complexity index is 1640. The van der Waals surface area contributed by atoms with Crippen LogP contribution in [0.4, 0.5) is 14.6 Å². The summed E-state index contributed by atoms with van der Waals surface area (Å²) in [6.45, 7) is 4.42. The maximum atomic E-state index is 13.8. The summed E-state index contributed by atoms with van der Waals surface area (Å²) in [7, 11) is 3.21. The number of anilines is 1. The highest BCUT2D eigenvalue weighted by molar-refractivity contribution is 6.01. The number of methoxy groups -OCH3 is 1. The lowest BCUT2D eigenvalue weighted by Gasteiger charge is -2.37. The largest absolute Gasteiger partial charge is 0.480 e. The van der Waals surface area contributed by atoms with Gasteiger partial charge in [-0.15, -0.1) is 0 Å². The molecule has 0 saturated heterocycles. The SMILES string of the molecule is COc1ncnc(C2CC2)c1-c1ncc2c(n1)N(Cc1ccc(-c3nc(C(C)(F)F)cn3C)cc1)C(=O)C(C)(C)O2. The molecule has 0 atom stereocenters. The Labute approximate surface area is 235 Å². The summed E-state index contributed by atoms with van der Waals surface area (Å²) < 4.78 is 40.7. The molecule has 0 unspecified atom stereocenters. The maximum absolute atomic E-state index is 13.8. The van der Waals surface area contributed by atoms with Crippen molar-refractivity contribution in [1.82, 2.24) is 29.5 Å². The van der Waals surface area contributed by atoms with Gasteiger partial charge in [-0.25, -0.2) is 24.9 Å². The Kier molecular flexibility index (Phi) is 6.24. The molecule has 1 aromatic carbocycles. The van der Waals surface area contributed by atoms with Crippen LogP contribution in [-0.4, -0.2) is 48.1 Å². The van der Waals surface area contributed by atoms with Crippen LogP contribution in [0, 0.1) is 0 Å². The van der Waals surface area contributed by atoms with E-state index >= 15 is 0 Å². The van der Waals surface area contributed by atoms with Crippen LogP contribution in [0.5, 0.6) is 11.6 Å². The molecule has 3 aromatic heterocycles. The van der Waals surface area contributed by atoms with Gasteiger partial charge in [0.25, 0.3) is 11.8 Å². The van der Waals surface area contributed by atoms with Crippen molar-refractivity contribution in [3.05, 3.63) is 59.9 Å². The fraction of sp³-hybridized carbons (Fsp3) is 0.379. The highest BCUT2D eigenvalue weighted by atomic mass is 19.3. The first-order chi connectivity index (χ1) is 19.5. The lowest BCUT2D eigenvalue weighted by molar-refractivity contribution is -0.133. The molecular weight excluding hydrogens is 532 g/mol. The van der Waals surface area contributed by atoms with Crippen LogP contribution in [0.25, 0.3) is 22.8 Å². The number of hydrogen-bond donors (Lipinski definition) is 0. The number of alkyl halides is 2. The quantitative estimate of drug-likeness (QED) is 0.309. The van der Waals surface area contributed by atoms with E-state index in [1.807, 2.05) is 12.1 Å². The van der Waals surface area contributed by atoms with Crippen LogP contribution in [0.1, 0.15) is 56.5 Å². The van der Waals surface area contributed by atoms with Crippen molar-refractivity contribution < 1.29 is 23.0 Å². The van der Waals surface area contributed by atoms with E-state index in [1.165, 1.54) is 19.6 Å². The zero-order chi connectivity index (χ0) is 29.1. The molecule has 1 aliphatic heterocycles. The van der Waals surface area contributed by atoms with E-state index in [2.05, 4.69) is 19.9 Å². The highest BCUT2D eigenvalue weighted by Crippen LogP contribution is 2.46. The number of benzene rings is 1. The predicted octanol–water partition coefficient (Wildman–Crippen LogP) is 5.04. The third-order valence-electron chi connectivity index (χ3n) is 7.22. The Morgan fingerprint density at radius 2 is 1.85 bits per heavy atom. The highest BCUT2D eigenvalue weighted by Gasteiger charge is 2.43.